The molecule has 80 valence electrons. The Kier molecular flexibility index (Phi) is 2.44. The summed E-state index contributed by atoms with van der Waals surface area (Å²) in [6.45, 7) is 2.08. The van der Waals surface area contributed by atoms with Crippen LogP contribution in [0.3, 0.4) is 0 Å². The second-order valence-electron chi connectivity index (χ2n) is 3.50. The zero-order valence-electron chi connectivity index (χ0n) is 8.50. The number of anilines is 2. The molecule has 2 heterocycles. The average Bonchev–Trinajstić information content (AvgIpc) is 2.47. The Labute approximate surface area is 92.8 Å². The largest absolute Gasteiger partial charge is 0.396 e. The van der Waals surface area contributed by atoms with E-state index in [2.05, 4.69) is 11.9 Å². The number of imidazole rings is 1. The molecule has 0 aliphatic carbocycles. The Morgan fingerprint density at radius 3 is 2.87 bits per heavy atom. The molecule has 0 saturated heterocycles. The first-order valence-corrected chi connectivity index (χ1v) is 5.22. The van der Waals surface area contributed by atoms with Gasteiger partial charge in [-0.2, -0.15) is 0 Å². The average molecular weight is 225 g/mol. The van der Waals surface area contributed by atoms with Crippen molar-refractivity contribution in [1.82, 2.24) is 9.38 Å². The normalized spacial score (nSPS) is 11.1. The third-order valence-corrected chi connectivity index (χ3v) is 2.52. The third-order valence-electron chi connectivity index (χ3n) is 2.32. The summed E-state index contributed by atoms with van der Waals surface area (Å²) in [6, 6.07) is 1.68. The number of nitrogens with two attached hydrogens (primary N) is 2. The van der Waals surface area contributed by atoms with Gasteiger partial charge in [0.1, 0.15) is 5.82 Å². The number of aryl methyl sites for hydroxylation is 1. The SMILES string of the molecule is CCCc1nc2c(N)cc(Cl)cn2c1N. The molecule has 0 amide bonds. The number of nitrogens with zero attached hydrogens (tertiary/aromatic N) is 2. The van der Waals surface area contributed by atoms with Crippen molar-refractivity contribution in [2.24, 2.45) is 0 Å². The summed E-state index contributed by atoms with van der Waals surface area (Å²) in [5.74, 6) is 0.626. The molecule has 0 unspecified atom stereocenters. The summed E-state index contributed by atoms with van der Waals surface area (Å²) in [6.07, 6.45) is 3.58. The highest BCUT2D eigenvalue weighted by atomic mass is 35.5. The van der Waals surface area contributed by atoms with E-state index in [0.29, 0.717) is 22.2 Å². The van der Waals surface area contributed by atoms with E-state index in [4.69, 9.17) is 23.1 Å². The fourth-order valence-corrected chi connectivity index (χ4v) is 1.84. The molecule has 0 spiro atoms. The quantitative estimate of drug-likeness (QED) is 0.821. The number of nitrogen functional groups attached to an aromatic ring is 2. The van der Waals surface area contributed by atoms with Crippen LogP contribution in [0.2, 0.25) is 5.02 Å². The summed E-state index contributed by atoms with van der Waals surface area (Å²) < 4.78 is 1.74. The van der Waals surface area contributed by atoms with E-state index in [1.54, 1.807) is 16.7 Å². The minimum absolute atomic E-state index is 0.552. The second kappa shape index (κ2) is 3.62. The van der Waals surface area contributed by atoms with Gasteiger partial charge in [0.2, 0.25) is 0 Å². The molecule has 4 N–H and O–H groups in total. The lowest BCUT2D eigenvalue weighted by Gasteiger charge is -2.00. The smallest absolute Gasteiger partial charge is 0.162 e. The second-order valence-corrected chi connectivity index (χ2v) is 3.94. The van der Waals surface area contributed by atoms with Crippen molar-refractivity contribution >= 4 is 28.8 Å². The van der Waals surface area contributed by atoms with Crippen LogP contribution in [-0.2, 0) is 6.42 Å². The first kappa shape index (κ1) is 10.1. The minimum atomic E-state index is 0.552. The zero-order chi connectivity index (χ0) is 11.0. The lowest BCUT2D eigenvalue weighted by Crippen LogP contribution is -1.97. The Bertz CT molecular complexity index is 504. The van der Waals surface area contributed by atoms with Gasteiger partial charge in [0.15, 0.2) is 5.65 Å². The Morgan fingerprint density at radius 2 is 2.20 bits per heavy atom. The highest BCUT2D eigenvalue weighted by Crippen LogP contribution is 2.24. The van der Waals surface area contributed by atoms with Gasteiger partial charge >= 0.3 is 0 Å². The number of hydrogen-bond acceptors (Lipinski definition) is 3. The summed E-state index contributed by atoms with van der Waals surface area (Å²) in [5.41, 5.74) is 13.9. The lowest BCUT2D eigenvalue weighted by atomic mass is 10.2. The van der Waals surface area contributed by atoms with Gasteiger partial charge in [-0.05, 0) is 12.5 Å². The Balaban J connectivity index is 2.70. The molecular weight excluding hydrogens is 212 g/mol. The van der Waals surface area contributed by atoms with Crippen LogP contribution in [0.15, 0.2) is 12.3 Å². The molecule has 0 aromatic carbocycles. The van der Waals surface area contributed by atoms with Crippen LogP contribution < -0.4 is 11.5 Å². The summed E-state index contributed by atoms with van der Waals surface area (Å²) in [5, 5.41) is 0.562. The molecule has 4 nitrogen and oxygen atoms in total. The molecule has 0 atom stereocenters. The maximum Gasteiger partial charge on any atom is 0.162 e. The van der Waals surface area contributed by atoms with Crippen LogP contribution in [0.1, 0.15) is 19.0 Å². The van der Waals surface area contributed by atoms with Gasteiger partial charge in [0.25, 0.3) is 0 Å². The highest BCUT2D eigenvalue weighted by Gasteiger charge is 2.11. The lowest BCUT2D eigenvalue weighted by molar-refractivity contribution is 0.897. The molecule has 0 aliphatic rings. The third kappa shape index (κ3) is 1.61. The first-order valence-electron chi connectivity index (χ1n) is 4.85. The molecule has 15 heavy (non-hydrogen) atoms. The van der Waals surface area contributed by atoms with E-state index in [0.717, 1.165) is 18.5 Å². The monoisotopic (exact) mass is 224 g/mol. The van der Waals surface area contributed by atoms with Gasteiger partial charge in [0.05, 0.1) is 16.4 Å². The van der Waals surface area contributed by atoms with Crippen LogP contribution in [0.5, 0.6) is 0 Å². The summed E-state index contributed by atoms with van der Waals surface area (Å²) >= 11 is 5.90. The number of fused-ring (bicyclic) bond motifs is 1. The standard InChI is InChI=1S/C10H13ClN4/c1-2-3-8-9(13)15-5-6(11)4-7(12)10(15)14-8/h4-5H,2-3,12-13H2,1H3. The zero-order valence-corrected chi connectivity index (χ0v) is 9.25. The van der Waals surface area contributed by atoms with Crippen LogP contribution in [0, 0.1) is 0 Å². The van der Waals surface area contributed by atoms with E-state index in [-0.39, 0.29) is 0 Å². The van der Waals surface area contributed by atoms with E-state index in [9.17, 15) is 0 Å². The van der Waals surface area contributed by atoms with Gasteiger partial charge in [0, 0.05) is 6.20 Å². The minimum Gasteiger partial charge on any atom is -0.396 e. The fraction of sp³-hybridized carbons (Fsp3) is 0.300. The maximum absolute atomic E-state index is 5.95. The highest BCUT2D eigenvalue weighted by molar-refractivity contribution is 6.30. The van der Waals surface area contributed by atoms with Crippen LogP contribution in [0.25, 0.3) is 5.65 Å². The molecule has 2 aromatic heterocycles. The van der Waals surface area contributed by atoms with Crippen molar-refractivity contribution in [3.63, 3.8) is 0 Å². The van der Waals surface area contributed by atoms with E-state index in [1.807, 2.05) is 0 Å². The molecule has 0 aliphatic heterocycles. The van der Waals surface area contributed by atoms with Gasteiger partial charge in [-0.15, -0.1) is 0 Å². The molecule has 0 bridgehead atoms. The van der Waals surface area contributed by atoms with Crippen molar-refractivity contribution in [1.29, 1.82) is 0 Å². The van der Waals surface area contributed by atoms with Crippen molar-refractivity contribution in [2.75, 3.05) is 11.5 Å². The number of halogens is 1. The van der Waals surface area contributed by atoms with E-state index >= 15 is 0 Å². The first-order chi connectivity index (χ1) is 7.13. The van der Waals surface area contributed by atoms with Crippen LogP contribution in [0.4, 0.5) is 11.5 Å². The molecule has 0 fully saturated rings. The molecule has 2 rings (SSSR count). The predicted octanol–water partition coefficient (Wildman–Crippen LogP) is 2.10. The fourth-order valence-electron chi connectivity index (χ4n) is 1.62. The predicted molar refractivity (Wildman–Crippen MR) is 63.0 cm³/mol. The topological polar surface area (TPSA) is 69.3 Å². The van der Waals surface area contributed by atoms with Crippen LogP contribution in [-0.4, -0.2) is 9.38 Å². The molecule has 5 heteroatoms. The molecular formula is C10H13ClN4. The van der Waals surface area contributed by atoms with Gasteiger partial charge < -0.3 is 11.5 Å². The maximum atomic E-state index is 5.95. The Hall–Kier alpha value is -1.42. The number of pyridine rings is 1. The van der Waals surface area contributed by atoms with E-state index in [1.165, 1.54) is 0 Å². The van der Waals surface area contributed by atoms with Crippen LogP contribution >= 0.6 is 11.6 Å². The van der Waals surface area contributed by atoms with Gasteiger partial charge in [-0.25, -0.2) is 4.98 Å². The van der Waals surface area contributed by atoms with Gasteiger partial charge in [-0.3, -0.25) is 4.40 Å². The number of hydrogen-bond donors (Lipinski definition) is 2. The summed E-state index contributed by atoms with van der Waals surface area (Å²) in [7, 11) is 0. The summed E-state index contributed by atoms with van der Waals surface area (Å²) in [4.78, 5) is 4.40. The van der Waals surface area contributed by atoms with Crippen molar-refractivity contribution in [3.8, 4) is 0 Å². The molecule has 0 saturated carbocycles. The van der Waals surface area contributed by atoms with Crippen molar-refractivity contribution in [3.05, 3.63) is 23.0 Å². The van der Waals surface area contributed by atoms with Crippen molar-refractivity contribution in [2.45, 2.75) is 19.8 Å². The molecule has 2 aromatic rings. The number of rotatable bonds is 2. The molecule has 0 radical (unpaired) electrons. The van der Waals surface area contributed by atoms with Gasteiger partial charge in [-0.1, -0.05) is 24.9 Å². The Morgan fingerprint density at radius 1 is 1.47 bits per heavy atom. The van der Waals surface area contributed by atoms with E-state index < -0.39 is 0 Å². The number of aromatic nitrogens is 2. The van der Waals surface area contributed by atoms with Crippen molar-refractivity contribution < 1.29 is 0 Å².